The summed E-state index contributed by atoms with van der Waals surface area (Å²) >= 11 is 13.5. The molecule has 0 radical (unpaired) electrons. The minimum Gasteiger partial charge on any atom is -0.297 e. The summed E-state index contributed by atoms with van der Waals surface area (Å²) in [6.07, 6.45) is 1.70. The molecule has 2 rings (SSSR count). The lowest BCUT2D eigenvalue weighted by Gasteiger charge is -2.15. The zero-order chi connectivity index (χ0) is 12.3. The molecule has 90 valence electrons. The summed E-state index contributed by atoms with van der Waals surface area (Å²) in [6, 6.07) is 7.87. The van der Waals surface area contributed by atoms with Gasteiger partial charge in [0.2, 0.25) is 0 Å². The van der Waals surface area contributed by atoms with E-state index in [9.17, 15) is 0 Å². The van der Waals surface area contributed by atoms with Crippen LogP contribution in [0.3, 0.4) is 0 Å². The molecule has 0 aliphatic carbocycles. The van der Waals surface area contributed by atoms with Gasteiger partial charge in [0.15, 0.2) is 0 Å². The van der Waals surface area contributed by atoms with E-state index in [0.29, 0.717) is 5.15 Å². The van der Waals surface area contributed by atoms with Crippen LogP contribution in [0.2, 0.25) is 9.49 Å². The number of hydrogen-bond donors (Lipinski definition) is 0. The smallest absolute Gasteiger partial charge is 0.133 e. The van der Waals surface area contributed by atoms with Gasteiger partial charge in [0.25, 0.3) is 0 Å². The van der Waals surface area contributed by atoms with E-state index in [1.807, 2.05) is 24.3 Å². The Balaban J connectivity index is 1.98. The Morgan fingerprint density at radius 1 is 1.24 bits per heavy atom. The standard InChI is InChI=1S/C12H12Cl2N2S/c1-16(8-10-4-5-11(13)17-10)7-9-3-2-6-15-12(9)14/h2-6H,7-8H2,1H3. The third-order valence-electron chi connectivity index (χ3n) is 2.33. The fourth-order valence-corrected chi connectivity index (χ4v) is 2.93. The normalized spacial score (nSPS) is 11.1. The first-order valence-electron chi connectivity index (χ1n) is 5.17. The molecule has 2 heterocycles. The van der Waals surface area contributed by atoms with Crippen LogP contribution < -0.4 is 0 Å². The van der Waals surface area contributed by atoms with Crippen molar-refractivity contribution in [1.82, 2.24) is 9.88 Å². The first-order chi connectivity index (χ1) is 8.15. The van der Waals surface area contributed by atoms with Gasteiger partial charge in [-0.25, -0.2) is 4.98 Å². The summed E-state index contributed by atoms with van der Waals surface area (Å²) in [5.74, 6) is 0. The molecule has 2 nitrogen and oxygen atoms in total. The van der Waals surface area contributed by atoms with Crippen molar-refractivity contribution in [1.29, 1.82) is 0 Å². The minimum atomic E-state index is 0.573. The van der Waals surface area contributed by atoms with Crippen LogP contribution in [0, 0.1) is 0 Å². The van der Waals surface area contributed by atoms with Gasteiger partial charge in [-0.15, -0.1) is 11.3 Å². The molecule has 0 spiro atoms. The van der Waals surface area contributed by atoms with Gasteiger partial charge in [0, 0.05) is 29.7 Å². The molecule has 0 atom stereocenters. The maximum Gasteiger partial charge on any atom is 0.133 e. The summed E-state index contributed by atoms with van der Waals surface area (Å²) in [6.45, 7) is 1.64. The van der Waals surface area contributed by atoms with Gasteiger partial charge < -0.3 is 0 Å². The van der Waals surface area contributed by atoms with Gasteiger partial charge in [-0.05, 0) is 25.2 Å². The third kappa shape index (κ3) is 3.68. The van der Waals surface area contributed by atoms with Crippen molar-refractivity contribution in [3.63, 3.8) is 0 Å². The fraction of sp³-hybridized carbons (Fsp3) is 0.250. The van der Waals surface area contributed by atoms with E-state index in [1.165, 1.54) is 4.88 Å². The number of rotatable bonds is 4. The Morgan fingerprint density at radius 2 is 2.06 bits per heavy atom. The molecule has 0 aliphatic heterocycles. The zero-order valence-corrected chi connectivity index (χ0v) is 11.7. The van der Waals surface area contributed by atoms with E-state index in [1.54, 1.807) is 17.5 Å². The van der Waals surface area contributed by atoms with Gasteiger partial charge >= 0.3 is 0 Å². The lowest BCUT2D eigenvalue weighted by atomic mass is 10.2. The topological polar surface area (TPSA) is 16.1 Å². The molecule has 0 unspecified atom stereocenters. The average molecular weight is 287 g/mol. The lowest BCUT2D eigenvalue weighted by molar-refractivity contribution is 0.321. The zero-order valence-electron chi connectivity index (χ0n) is 9.36. The van der Waals surface area contributed by atoms with E-state index >= 15 is 0 Å². The molecule has 2 aromatic heterocycles. The molecule has 0 amide bonds. The van der Waals surface area contributed by atoms with E-state index in [2.05, 4.69) is 16.9 Å². The summed E-state index contributed by atoms with van der Waals surface area (Å²) in [4.78, 5) is 7.50. The molecule has 0 saturated heterocycles. The molecule has 0 bridgehead atoms. The third-order valence-corrected chi connectivity index (χ3v) is 3.89. The predicted octanol–water partition coefficient (Wildman–Crippen LogP) is 4.08. The highest BCUT2D eigenvalue weighted by atomic mass is 35.5. The van der Waals surface area contributed by atoms with Gasteiger partial charge in [0.05, 0.1) is 4.34 Å². The first-order valence-corrected chi connectivity index (χ1v) is 6.74. The molecule has 2 aromatic rings. The Bertz CT molecular complexity index is 499. The molecular formula is C12H12Cl2N2S. The van der Waals surface area contributed by atoms with Gasteiger partial charge in [-0.3, -0.25) is 4.90 Å². The number of pyridine rings is 1. The molecule has 17 heavy (non-hydrogen) atoms. The van der Waals surface area contributed by atoms with Gasteiger partial charge in [-0.1, -0.05) is 29.3 Å². The number of aromatic nitrogens is 1. The quantitative estimate of drug-likeness (QED) is 0.788. The highest BCUT2D eigenvalue weighted by Gasteiger charge is 2.06. The average Bonchev–Trinajstić information content (AvgIpc) is 2.67. The van der Waals surface area contributed by atoms with Crippen LogP contribution in [0.25, 0.3) is 0 Å². The van der Waals surface area contributed by atoms with Crippen LogP contribution in [-0.2, 0) is 13.1 Å². The Morgan fingerprint density at radius 3 is 2.71 bits per heavy atom. The Hall–Kier alpha value is -0.610. The number of nitrogens with zero attached hydrogens (tertiary/aromatic N) is 2. The summed E-state index contributed by atoms with van der Waals surface area (Å²) in [7, 11) is 2.05. The van der Waals surface area contributed by atoms with Crippen molar-refractivity contribution < 1.29 is 0 Å². The maximum absolute atomic E-state index is 6.02. The summed E-state index contributed by atoms with van der Waals surface area (Å²) in [5, 5.41) is 0.573. The van der Waals surface area contributed by atoms with Crippen LogP contribution in [0.5, 0.6) is 0 Å². The van der Waals surface area contributed by atoms with E-state index < -0.39 is 0 Å². The van der Waals surface area contributed by atoms with Gasteiger partial charge in [0.1, 0.15) is 5.15 Å². The van der Waals surface area contributed by atoms with Crippen molar-refractivity contribution in [2.24, 2.45) is 0 Å². The first kappa shape index (κ1) is 12.8. The molecule has 0 saturated carbocycles. The number of hydrogen-bond acceptors (Lipinski definition) is 3. The molecular weight excluding hydrogens is 275 g/mol. The highest BCUT2D eigenvalue weighted by molar-refractivity contribution is 7.16. The summed E-state index contributed by atoms with van der Waals surface area (Å²) in [5.41, 5.74) is 1.04. The summed E-state index contributed by atoms with van der Waals surface area (Å²) < 4.78 is 0.827. The van der Waals surface area contributed by atoms with Crippen molar-refractivity contribution in [2.45, 2.75) is 13.1 Å². The van der Waals surface area contributed by atoms with Crippen molar-refractivity contribution in [3.8, 4) is 0 Å². The van der Waals surface area contributed by atoms with E-state index in [4.69, 9.17) is 23.2 Å². The van der Waals surface area contributed by atoms with Crippen LogP contribution in [-0.4, -0.2) is 16.9 Å². The molecule has 0 N–H and O–H groups in total. The minimum absolute atomic E-state index is 0.573. The van der Waals surface area contributed by atoms with Crippen molar-refractivity contribution >= 4 is 34.5 Å². The second-order valence-electron chi connectivity index (χ2n) is 3.83. The monoisotopic (exact) mass is 286 g/mol. The molecule has 0 aromatic carbocycles. The predicted molar refractivity (Wildman–Crippen MR) is 73.7 cm³/mol. The van der Waals surface area contributed by atoms with Crippen LogP contribution in [0.15, 0.2) is 30.5 Å². The number of thiophene rings is 1. The SMILES string of the molecule is CN(Cc1ccc(Cl)s1)Cc1cccnc1Cl. The molecule has 5 heteroatoms. The lowest BCUT2D eigenvalue weighted by Crippen LogP contribution is -2.16. The van der Waals surface area contributed by atoms with E-state index in [-0.39, 0.29) is 0 Å². The van der Waals surface area contributed by atoms with Crippen molar-refractivity contribution in [3.05, 3.63) is 50.4 Å². The maximum atomic E-state index is 6.02. The Kier molecular flexibility index (Phi) is 4.40. The molecule has 0 aliphatic rings. The largest absolute Gasteiger partial charge is 0.297 e. The number of halogens is 2. The highest BCUT2D eigenvalue weighted by Crippen LogP contribution is 2.23. The fourth-order valence-electron chi connectivity index (χ4n) is 1.59. The van der Waals surface area contributed by atoms with Crippen LogP contribution in [0.1, 0.15) is 10.4 Å². The second kappa shape index (κ2) is 5.83. The molecule has 0 fully saturated rings. The van der Waals surface area contributed by atoms with E-state index in [0.717, 1.165) is 23.0 Å². The second-order valence-corrected chi connectivity index (χ2v) is 5.99. The Labute approximate surface area is 115 Å². The van der Waals surface area contributed by atoms with Crippen molar-refractivity contribution in [2.75, 3.05) is 7.05 Å². The van der Waals surface area contributed by atoms with Crippen LogP contribution >= 0.6 is 34.5 Å². The van der Waals surface area contributed by atoms with Gasteiger partial charge in [-0.2, -0.15) is 0 Å². The van der Waals surface area contributed by atoms with Crippen LogP contribution in [0.4, 0.5) is 0 Å².